The van der Waals surface area contributed by atoms with Gasteiger partial charge in [-0.2, -0.15) is 5.10 Å². The first-order valence-corrected chi connectivity index (χ1v) is 9.63. The van der Waals surface area contributed by atoms with Gasteiger partial charge in [-0.1, -0.05) is 52.3 Å². The molecule has 128 valence electrons. The minimum atomic E-state index is -0.274. The van der Waals surface area contributed by atoms with E-state index >= 15 is 0 Å². The zero-order chi connectivity index (χ0) is 17.9. The second-order valence-corrected chi connectivity index (χ2v) is 7.54. The second kappa shape index (κ2) is 7.27. The summed E-state index contributed by atoms with van der Waals surface area (Å²) in [6.07, 6.45) is 1.64. The van der Waals surface area contributed by atoms with Gasteiger partial charge in [-0.05, 0) is 35.2 Å². The lowest BCUT2D eigenvalue weighted by molar-refractivity contribution is 0.0951. The molecule has 2 N–H and O–H groups in total. The van der Waals surface area contributed by atoms with Crippen molar-refractivity contribution in [3.05, 3.63) is 81.1 Å². The molecule has 0 spiro atoms. The molecule has 4 rings (SSSR count). The first-order chi connectivity index (χ1) is 12.7. The Morgan fingerprint density at radius 3 is 2.73 bits per heavy atom. The second-order valence-electron chi connectivity index (χ2n) is 5.65. The van der Waals surface area contributed by atoms with Crippen LogP contribution in [0.3, 0.4) is 0 Å². The first kappa shape index (κ1) is 16.8. The molecule has 2 aromatic carbocycles. The van der Waals surface area contributed by atoms with Gasteiger partial charge in [0.1, 0.15) is 5.69 Å². The fraction of sp³-hybridized carbons (Fsp3) is 0. The molecule has 0 fully saturated rings. The largest absolute Gasteiger partial charge is 0.350 e. The number of H-pyrrole nitrogens is 1. The van der Waals surface area contributed by atoms with Gasteiger partial charge in [0.15, 0.2) is 0 Å². The zero-order valence-corrected chi connectivity index (χ0v) is 16.0. The lowest BCUT2D eigenvalue weighted by atomic mass is 10.0. The van der Waals surface area contributed by atoms with E-state index in [1.165, 1.54) is 0 Å². The molecule has 2 aromatic heterocycles. The summed E-state index contributed by atoms with van der Waals surface area (Å²) in [6.45, 7) is 0. The van der Waals surface area contributed by atoms with Gasteiger partial charge in [0.2, 0.25) is 0 Å². The average molecular weight is 424 g/mol. The Balaban J connectivity index is 1.75. The summed E-state index contributed by atoms with van der Waals surface area (Å²) < 4.78 is 0.962. The van der Waals surface area contributed by atoms with E-state index in [0.29, 0.717) is 5.69 Å². The van der Waals surface area contributed by atoms with Gasteiger partial charge in [0.25, 0.3) is 5.91 Å². The third-order valence-electron chi connectivity index (χ3n) is 3.95. The van der Waals surface area contributed by atoms with Crippen LogP contribution >= 0.6 is 27.3 Å². The highest BCUT2D eigenvalue weighted by molar-refractivity contribution is 9.10. The summed E-state index contributed by atoms with van der Waals surface area (Å²) >= 11 is 5.07. The van der Waals surface area contributed by atoms with Gasteiger partial charge in [-0.25, -0.2) is 5.43 Å². The van der Waals surface area contributed by atoms with Crippen LogP contribution in [-0.2, 0) is 0 Å². The molecular formula is C20H14BrN3OS. The predicted octanol–water partition coefficient (Wildman–Crippen LogP) is 5.42. The maximum absolute atomic E-state index is 12.8. The van der Waals surface area contributed by atoms with Crippen molar-refractivity contribution in [2.75, 3.05) is 0 Å². The van der Waals surface area contributed by atoms with Crippen LogP contribution in [0.15, 0.2) is 75.6 Å². The van der Waals surface area contributed by atoms with Crippen LogP contribution in [0.2, 0.25) is 0 Å². The van der Waals surface area contributed by atoms with E-state index in [1.807, 2.05) is 66.0 Å². The van der Waals surface area contributed by atoms with Crippen molar-refractivity contribution in [1.82, 2.24) is 10.4 Å². The number of hydrogen-bond donors (Lipinski definition) is 2. The van der Waals surface area contributed by atoms with Crippen molar-refractivity contribution in [1.29, 1.82) is 0 Å². The summed E-state index contributed by atoms with van der Waals surface area (Å²) in [4.78, 5) is 17.0. The van der Waals surface area contributed by atoms with Crippen molar-refractivity contribution >= 4 is 50.3 Å². The molecule has 0 aliphatic carbocycles. The maximum atomic E-state index is 12.8. The Morgan fingerprint density at radius 2 is 1.96 bits per heavy atom. The van der Waals surface area contributed by atoms with E-state index in [2.05, 4.69) is 31.4 Å². The average Bonchev–Trinajstić information content (AvgIpc) is 3.29. The molecule has 0 unspecified atom stereocenters. The molecular weight excluding hydrogens is 410 g/mol. The number of aromatic nitrogens is 1. The lowest BCUT2D eigenvalue weighted by Gasteiger charge is -2.04. The van der Waals surface area contributed by atoms with Gasteiger partial charge in [0, 0.05) is 25.8 Å². The molecule has 2 heterocycles. The van der Waals surface area contributed by atoms with Gasteiger partial charge in [-0.15, -0.1) is 11.3 Å². The minimum absolute atomic E-state index is 0.274. The van der Waals surface area contributed by atoms with Crippen LogP contribution in [0.25, 0.3) is 22.0 Å². The SMILES string of the molecule is O=C(NN=Cc1cccs1)c1[nH]c2ccc(Br)cc2c1-c1ccccc1. The molecule has 26 heavy (non-hydrogen) atoms. The maximum Gasteiger partial charge on any atom is 0.288 e. The Kier molecular flexibility index (Phi) is 4.69. The summed E-state index contributed by atoms with van der Waals surface area (Å²) in [5.41, 5.74) is 5.86. The molecule has 4 aromatic rings. The molecule has 6 heteroatoms. The topological polar surface area (TPSA) is 57.2 Å². The van der Waals surface area contributed by atoms with Gasteiger partial charge < -0.3 is 4.98 Å². The molecule has 0 saturated heterocycles. The number of nitrogens with one attached hydrogen (secondary N) is 2. The summed E-state index contributed by atoms with van der Waals surface area (Å²) in [5.74, 6) is -0.274. The van der Waals surface area contributed by atoms with Crippen LogP contribution in [-0.4, -0.2) is 17.1 Å². The molecule has 0 atom stereocenters. The number of fused-ring (bicyclic) bond motifs is 1. The van der Waals surface area contributed by atoms with E-state index in [-0.39, 0.29) is 5.91 Å². The highest BCUT2D eigenvalue weighted by Crippen LogP contribution is 2.34. The molecule has 0 radical (unpaired) electrons. The number of thiophene rings is 1. The number of benzene rings is 2. The minimum Gasteiger partial charge on any atom is -0.350 e. The smallest absolute Gasteiger partial charge is 0.288 e. The zero-order valence-electron chi connectivity index (χ0n) is 13.6. The number of amides is 1. The number of hydrazone groups is 1. The van der Waals surface area contributed by atoms with Crippen LogP contribution in [0, 0.1) is 0 Å². The first-order valence-electron chi connectivity index (χ1n) is 7.96. The fourth-order valence-electron chi connectivity index (χ4n) is 2.81. The third-order valence-corrected chi connectivity index (χ3v) is 5.25. The Morgan fingerprint density at radius 1 is 1.12 bits per heavy atom. The monoisotopic (exact) mass is 423 g/mol. The van der Waals surface area contributed by atoms with Crippen molar-refractivity contribution in [2.45, 2.75) is 0 Å². The van der Waals surface area contributed by atoms with Gasteiger partial charge in [0.05, 0.1) is 6.21 Å². The number of carbonyl (C=O) groups excluding carboxylic acids is 1. The normalized spacial score (nSPS) is 11.3. The van der Waals surface area contributed by atoms with Crippen molar-refractivity contribution < 1.29 is 4.79 Å². The number of hydrogen-bond acceptors (Lipinski definition) is 3. The lowest BCUT2D eigenvalue weighted by Crippen LogP contribution is -2.18. The van der Waals surface area contributed by atoms with E-state index < -0.39 is 0 Å². The van der Waals surface area contributed by atoms with Gasteiger partial charge >= 0.3 is 0 Å². The Hall–Kier alpha value is -2.70. The van der Waals surface area contributed by atoms with Crippen molar-refractivity contribution in [3.8, 4) is 11.1 Å². The molecule has 0 bridgehead atoms. The quantitative estimate of drug-likeness (QED) is 0.334. The number of rotatable bonds is 4. The standard InChI is InChI=1S/C20H14BrN3OS/c21-14-8-9-17-16(11-14)18(13-5-2-1-3-6-13)19(23-17)20(25)24-22-12-15-7-4-10-26-15/h1-12,23H,(H,24,25). The number of aromatic amines is 1. The third kappa shape index (κ3) is 3.34. The van der Waals surface area contributed by atoms with Crippen molar-refractivity contribution in [3.63, 3.8) is 0 Å². The highest BCUT2D eigenvalue weighted by atomic mass is 79.9. The van der Waals surface area contributed by atoms with E-state index in [9.17, 15) is 4.79 Å². The number of carbonyl (C=O) groups is 1. The summed E-state index contributed by atoms with van der Waals surface area (Å²) in [6, 6.07) is 19.7. The highest BCUT2D eigenvalue weighted by Gasteiger charge is 2.19. The molecule has 4 nitrogen and oxygen atoms in total. The summed E-state index contributed by atoms with van der Waals surface area (Å²) in [7, 11) is 0. The van der Waals surface area contributed by atoms with Crippen LogP contribution < -0.4 is 5.43 Å². The van der Waals surface area contributed by atoms with Crippen LogP contribution in [0.4, 0.5) is 0 Å². The summed E-state index contributed by atoms with van der Waals surface area (Å²) in [5, 5.41) is 7.02. The van der Waals surface area contributed by atoms with Crippen LogP contribution in [0.1, 0.15) is 15.4 Å². The molecule has 0 aliphatic rings. The molecule has 0 saturated carbocycles. The molecule has 0 aliphatic heterocycles. The Bertz CT molecular complexity index is 1090. The number of nitrogens with zero attached hydrogens (tertiary/aromatic N) is 1. The fourth-order valence-corrected chi connectivity index (χ4v) is 3.76. The predicted molar refractivity (Wildman–Crippen MR) is 111 cm³/mol. The number of halogens is 1. The van der Waals surface area contributed by atoms with E-state index in [1.54, 1.807) is 17.6 Å². The van der Waals surface area contributed by atoms with Gasteiger partial charge in [-0.3, -0.25) is 4.79 Å². The van der Waals surface area contributed by atoms with E-state index in [0.717, 1.165) is 31.4 Å². The van der Waals surface area contributed by atoms with Crippen molar-refractivity contribution in [2.24, 2.45) is 5.10 Å². The Labute approximate surface area is 162 Å². The van der Waals surface area contributed by atoms with Crippen LogP contribution in [0.5, 0.6) is 0 Å². The molecule has 1 amide bonds. The van der Waals surface area contributed by atoms with E-state index in [4.69, 9.17) is 0 Å².